The number of nitrogens with one attached hydrogen (secondary N) is 1. The number of halogens is 1. The van der Waals surface area contributed by atoms with Crippen molar-refractivity contribution in [1.29, 1.82) is 0 Å². The van der Waals surface area contributed by atoms with Crippen molar-refractivity contribution in [2.24, 2.45) is 19.1 Å². The molecule has 6 rings (SSSR count). The van der Waals surface area contributed by atoms with Crippen molar-refractivity contribution in [3.63, 3.8) is 0 Å². The molecule has 0 unspecified atom stereocenters. The van der Waals surface area contributed by atoms with Crippen LogP contribution in [0, 0.1) is 10.5 Å². The SMILES string of the molecule is Cc1[nH]n(-c2ccc(I)cc2)c(=O)c1C=Nc1cc2c(cc1N1CCN(c3ccccc3)CC1)n(C)c(=O)n2C. The zero-order chi connectivity index (χ0) is 28.0. The molecule has 9 nitrogen and oxygen atoms in total. The van der Waals surface area contributed by atoms with Crippen LogP contribution in [0.3, 0.4) is 0 Å². The lowest BCUT2D eigenvalue weighted by atomic mass is 10.1. The number of aryl methyl sites for hydroxylation is 3. The Kier molecular flexibility index (Phi) is 6.87. The van der Waals surface area contributed by atoms with Crippen molar-refractivity contribution in [2.45, 2.75) is 6.92 Å². The summed E-state index contributed by atoms with van der Waals surface area (Å²) in [5.41, 5.74) is 6.30. The molecular formula is C30H30IN7O2. The van der Waals surface area contributed by atoms with Crippen LogP contribution in [0.4, 0.5) is 17.1 Å². The van der Waals surface area contributed by atoms with Crippen LogP contribution in [0.15, 0.2) is 81.3 Å². The number of nitrogens with zero attached hydrogens (tertiary/aromatic N) is 6. The second kappa shape index (κ2) is 10.5. The van der Waals surface area contributed by atoms with Crippen LogP contribution in [0.25, 0.3) is 16.7 Å². The Balaban J connectivity index is 1.38. The van der Waals surface area contributed by atoms with Gasteiger partial charge in [0.05, 0.1) is 33.7 Å². The highest BCUT2D eigenvalue weighted by Crippen LogP contribution is 2.34. The van der Waals surface area contributed by atoms with Crippen LogP contribution in [0.5, 0.6) is 0 Å². The van der Waals surface area contributed by atoms with E-state index in [1.807, 2.05) is 43.3 Å². The van der Waals surface area contributed by atoms with Gasteiger partial charge in [-0.1, -0.05) is 18.2 Å². The average molecular weight is 648 g/mol. The standard InChI is InChI=1S/C30H30IN7O2/c1-20-24(29(39)38(33-20)23-11-9-21(31)10-12-23)19-32-25-17-27-28(35(3)30(40)34(27)2)18-26(25)37-15-13-36(14-16-37)22-7-5-4-6-8-22/h4-12,17-19,33H,13-16H2,1-3H3. The molecule has 204 valence electrons. The normalized spacial score (nSPS) is 14.1. The molecule has 0 radical (unpaired) electrons. The molecule has 1 aliphatic rings. The summed E-state index contributed by atoms with van der Waals surface area (Å²) >= 11 is 2.24. The van der Waals surface area contributed by atoms with E-state index in [0.717, 1.165) is 63.5 Å². The van der Waals surface area contributed by atoms with Gasteiger partial charge in [-0.25, -0.2) is 9.48 Å². The van der Waals surface area contributed by atoms with E-state index >= 15 is 0 Å². The number of fused-ring (bicyclic) bond motifs is 1. The summed E-state index contributed by atoms with van der Waals surface area (Å²) in [5, 5.41) is 3.18. The Labute approximate surface area is 245 Å². The Morgan fingerprint density at radius 3 is 2.12 bits per heavy atom. The van der Waals surface area contributed by atoms with Crippen molar-refractivity contribution in [2.75, 3.05) is 36.0 Å². The number of anilines is 2. The van der Waals surface area contributed by atoms with Gasteiger partial charge < -0.3 is 9.80 Å². The van der Waals surface area contributed by atoms with Crippen molar-refractivity contribution >= 4 is 56.9 Å². The van der Waals surface area contributed by atoms with Crippen molar-refractivity contribution in [3.05, 3.63) is 102 Å². The summed E-state index contributed by atoms with van der Waals surface area (Å²) in [6.07, 6.45) is 1.64. The summed E-state index contributed by atoms with van der Waals surface area (Å²) in [7, 11) is 3.56. The maximum absolute atomic E-state index is 13.3. The van der Waals surface area contributed by atoms with Gasteiger partial charge in [-0.05, 0) is 78.0 Å². The molecule has 3 heterocycles. The highest BCUT2D eigenvalue weighted by atomic mass is 127. The van der Waals surface area contributed by atoms with E-state index in [2.05, 4.69) is 67.8 Å². The first-order valence-corrected chi connectivity index (χ1v) is 14.3. The largest absolute Gasteiger partial charge is 0.368 e. The third-order valence-electron chi connectivity index (χ3n) is 7.64. The van der Waals surface area contributed by atoms with Crippen LogP contribution in [0.1, 0.15) is 11.3 Å². The van der Waals surface area contributed by atoms with E-state index in [4.69, 9.17) is 4.99 Å². The van der Waals surface area contributed by atoms with Gasteiger partial charge in [-0.15, -0.1) is 0 Å². The number of hydrogen-bond donors (Lipinski definition) is 1. The molecule has 1 aliphatic heterocycles. The molecule has 0 aliphatic carbocycles. The second-order valence-corrected chi connectivity index (χ2v) is 11.3. The Hall–Kier alpha value is -4.06. The minimum absolute atomic E-state index is 0.0853. The lowest BCUT2D eigenvalue weighted by molar-refractivity contribution is 0.654. The van der Waals surface area contributed by atoms with Gasteiger partial charge in [0, 0.05) is 61.4 Å². The maximum Gasteiger partial charge on any atom is 0.328 e. The van der Waals surface area contributed by atoms with E-state index in [0.29, 0.717) is 5.56 Å². The van der Waals surface area contributed by atoms with Gasteiger partial charge in [0.1, 0.15) is 0 Å². The number of aromatic nitrogens is 4. The maximum atomic E-state index is 13.3. The number of imidazole rings is 1. The number of hydrogen-bond acceptors (Lipinski definition) is 5. The first-order chi connectivity index (χ1) is 19.3. The molecule has 2 aromatic heterocycles. The van der Waals surface area contributed by atoms with Crippen molar-refractivity contribution in [3.8, 4) is 5.69 Å². The Morgan fingerprint density at radius 2 is 1.45 bits per heavy atom. The van der Waals surface area contributed by atoms with E-state index in [9.17, 15) is 9.59 Å². The number of H-pyrrole nitrogens is 1. The molecule has 0 saturated carbocycles. The summed E-state index contributed by atoms with van der Waals surface area (Å²) in [4.78, 5) is 35.6. The molecule has 5 aromatic rings. The van der Waals surface area contributed by atoms with Crippen molar-refractivity contribution in [1.82, 2.24) is 18.9 Å². The van der Waals surface area contributed by atoms with Gasteiger partial charge in [-0.2, -0.15) is 0 Å². The number of benzene rings is 3. The van der Waals surface area contributed by atoms with Gasteiger partial charge in [-0.3, -0.25) is 24.0 Å². The van der Waals surface area contributed by atoms with E-state index in [1.165, 1.54) is 5.69 Å². The molecule has 0 bridgehead atoms. The number of aliphatic imine (C=N–C) groups is 1. The minimum atomic E-state index is -0.159. The monoisotopic (exact) mass is 647 g/mol. The van der Waals surface area contributed by atoms with Gasteiger partial charge in [0.25, 0.3) is 5.56 Å². The fourth-order valence-electron chi connectivity index (χ4n) is 5.34. The molecular weight excluding hydrogens is 617 g/mol. The minimum Gasteiger partial charge on any atom is -0.368 e. The third-order valence-corrected chi connectivity index (χ3v) is 8.36. The second-order valence-electron chi connectivity index (χ2n) is 10.1. The molecule has 1 N–H and O–H groups in total. The first-order valence-electron chi connectivity index (χ1n) is 13.2. The predicted molar refractivity (Wildman–Crippen MR) is 170 cm³/mol. The van der Waals surface area contributed by atoms with Gasteiger partial charge in [0.15, 0.2) is 0 Å². The van der Waals surface area contributed by atoms with Gasteiger partial charge in [0.2, 0.25) is 0 Å². The van der Waals surface area contributed by atoms with Gasteiger partial charge >= 0.3 is 5.69 Å². The Morgan fingerprint density at radius 1 is 0.825 bits per heavy atom. The first kappa shape index (κ1) is 26.2. The van der Waals surface area contributed by atoms with E-state index < -0.39 is 0 Å². The summed E-state index contributed by atoms with van der Waals surface area (Å²) in [6.45, 7) is 5.24. The lowest BCUT2D eigenvalue weighted by Gasteiger charge is -2.37. The van der Waals surface area contributed by atoms with Crippen LogP contribution in [-0.4, -0.2) is 51.3 Å². The smallest absolute Gasteiger partial charge is 0.328 e. The zero-order valence-corrected chi connectivity index (χ0v) is 24.8. The molecule has 0 amide bonds. The fraction of sp³-hybridized carbons (Fsp3) is 0.233. The number of para-hydroxylation sites is 1. The van der Waals surface area contributed by atoms with Crippen LogP contribution in [-0.2, 0) is 14.1 Å². The highest BCUT2D eigenvalue weighted by molar-refractivity contribution is 14.1. The molecule has 3 aromatic carbocycles. The van der Waals surface area contributed by atoms with Crippen LogP contribution < -0.4 is 21.0 Å². The average Bonchev–Trinajstić information content (AvgIpc) is 3.38. The van der Waals surface area contributed by atoms with Crippen molar-refractivity contribution < 1.29 is 0 Å². The fourth-order valence-corrected chi connectivity index (χ4v) is 5.70. The summed E-state index contributed by atoms with van der Waals surface area (Å²) in [5.74, 6) is 0. The molecule has 1 saturated heterocycles. The number of piperazine rings is 1. The predicted octanol–water partition coefficient (Wildman–Crippen LogP) is 4.35. The molecule has 1 fully saturated rings. The highest BCUT2D eigenvalue weighted by Gasteiger charge is 2.22. The quantitative estimate of drug-likeness (QED) is 0.227. The molecule has 40 heavy (non-hydrogen) atoms. The topological polar surface area (TPSA) is 83.6 Å². The molecule has 10 heteroatoms. The lowest BCUT2D eigenvalue weighted by Crippen LogP contribution is -2.46. The Bertz CT molecular complexity index is 1840. The van der Waals surface area contributed by atoms with E-state index in [1.54, 1.807) is 34.1 Å². The molecule has 0 spiro atoms. The van der Waals surface area contributed by atoms with Crippen LogP contribution >= 0.6 is 22.6 Å². The zero-order valence-electron chi connectivity index (χ0n) is 22.6. The van der Waals surface area contributed by atoms with Crippen LogP contribution in [0.2, 0.25) is 0 Å². The molecule has 0 atom stereocenters. The summed E-state index contributed by atoms with van der Waals surface area (Å²) in [6, 6.07) is 22.2. The third kappa shape index (κ3) is 4.66. The summed E-state index contributed by atoms with van der Waals surface area (Å²) < 4.78 is 5.95. The van der Waals surface area contributed by atoms with E-state index in [-0.39, 0.29) is 11.2 Å². The number of rotatable bonds is 5. The number of aromatic amines is 1.